The van der Waals surface area contributed by atoms with Crippen molar-refractivity contribution in [3.63, 3.8) is 0 Å². The summed E-state index contributed by atoms with van der Waals surface area (Å²) in [6.45, 7) is 0.824. The third-order valence-electron chi connectivity index (χ3n) is 5.87. The molecule has 4 rings (SSSR count). The van der Waals surface area contributed by atoms with E-state index in [0.717, 1.165) is 11.3 Å². The summed E-state index contributed by atoms with van der Waals surface area (Å²) in [7, 11) is 0. The summed E-state index contributed by atoms with van der Waals surface area (Å²) in [5.74, 6) is -2.93. The Morgan fingerprint density at radius 1 is 1.17 bits per heavy atom. The number of fused-ring (bicyclic) bond motifs is 5. The summed E-state index contributed by atoms with van der Waals surface area (Å²) < 4.78 is 5.08. The van der Waals surface area contributed by atoms with E-state index in [1.54, 1.807) is 0 Å². The number of non-ortho nitro benzene ring substituents is 1. The Morgan fingerprint density at radius 2 is 1.73 bits per heavy atom. The van der Waals surface area contributed by atoms with E-state index in [4.69, 9.17) is 4.74 Å². The largest absolute Gasteiger partial charge is 0.451 e. The van der Waals surface area contributed by atoms with Gasteiger partial charge in [0.25, 0.3) is 11.6 Å². The molecule has 1 N–H and O–H groups in total. The number of nitrogens with one attached hydrogen (secondary N) is 1. The minimum atomic E-state index is -1.18. The van der Waals surface area contributed by atoms with Crippen LogP contribution in [0.4, 0.5) is 11.4 Å². The third-order valence-corrected chi connectivity index (χ3v) is 5.87. The van der Waals surface area contributed by atoms with Crippen LogP contribution in [0.15, 0.2) is 36.4 Å². The zero-order valence-corrected chi connectivity index (χ0v) is 16.0. The number of nitro benzene ring substituents is 1. The standard InChI is InChI=1S/C20H19N3O7/c1-10(18(25)21-13-4-6-14(7-5-13)23(28)29)30-15(24)9-22-19(26)16-11-2-3-12(8-11)17(16)20(22)27/h2-7,10-12,16-17H,8-9H2,1H3,(H,21,25). The molecule has 2 bridgehead atoms. The number of carbonyl (C=O) groups excluding carboxylic acids is 4. The van der Waals surface area contributed by atoms with Crippen molar-refractivity contribution in [3.05, 3.63) is 46.5 Å². The first-order valence-corrected chi connectivity index (χ1v) is 9.54. The number of allylic oxidation sites excluding steroid dienone is 2. The second-order valence-electron chi connectivity index (χ2n) is 7.69. The number of nitro groups is 1. The zero-order chi connectivity index (χ0) is 21.6. The van der Waals surface area contributed by atoms with Gasteiger partial charge in [0.15, 0.2) is 6.10 Å². The molecular formula is C20H19N3O7. The molecule has 0 aromatic heterocycles. The number of hydrogen-bond acceptors (Lipinski definition) is 7. The van der Waals surface area contributed by atoms with E-state index in [1.807, 2.05) is 12.2 Å². The number of carbonyl (C=O) groups is 4. The van der Waals surface area contributed by atoms with E-state index in [9.17, 15) is 29.3 Å². The number of amides is 3. The molecule has 0 spiro atoms. The fraction of sp³-hybridized carbons (Fsp3) is 0.400. The van der Waals surface area contributed by atoms with Crippen LogP contribution in [-0.2, 0) is 23.9 Å². The molecule has 3 amide bonds. The van der Waals surface area contributed by atoms with Gasteiger partial charge in [-0.3, -0.25) is 34.2 Å². The van der Waals surface area contributed by atoms with Crippen molar-refractivity contribution in [2.24, 2.45) is 23.7 Å². The molecule has 1 aromatic rings. The lowest BCUT2D eigenvalue weighted by atomic mass is 9.85. The smallest absolute Gasteiger partial charge is 0.326 e. The molecule has 1 heterocycles. The van der Waals surface area contributed by atoms with Gasteiger partial charge in [-0.15, -0.1) is 0 Å². The fourth-order valence-electron chi connectivity index (χ4n) is 4.45. The summed E-state index contributed by atoms with van der Waals surface area (Å²) in [5, 5.41) is 13.1. The lowest BCUT2D eigenvalue weighted by molar-refractivity contribution is -0.384. The van der Waals surface area contributed by atoms with E-state index in [2.05, 4.69) is 5.32 Å². The average molecular weight is 413 g/mol. The van der Waals surface area contributed by atoms with Gasteiger partial charge in [-0.05, 0) is 37.3 Å². The molecule has 1 saturated heterocycles. The van der Waals surface area contributed by atoms with Gasteiger partial charge in [0, 0.05) is 17.8 Å². The fourth-order valence-corrected chi connectivity index (χ4v) is 4.45. The Kier molecular flexibility index (Phi) is 4.84. The molecule has 2 aliphatic carbocycles. The van der Waals surface area contributed by atoms with Crippen LogP contribution in [0.2, 0.25) is 0 Å². The second-order valence-corrected chi connectivity index (χ2v) is 7.69. The first kappa shape index (κ1) is 19.7. The molecule has 5 atom stereocenters. The highest BCUT2D eigenvalue weighted by Crippen LogP contribution is 2.52. The molecule has 2 fully saturated rings. The minimum absolute atomic E-state index is 0.0452. The SMILES string of the molecule is CC(OC(=O)CN1C(=O)C2C3C=CC(C3)C2C1=O)C(=O)Nc1ccc([N+](=O)[O-])cc1. The van der Waals surface area contributed by atoms with Gasteiger partial charge in [0.1, 0.15) is 6.54 Å². The van der Waals surface area contributed by atoms with E-state index in [0.29, 0.717) is 5.69 Å². The summed E-state index contributed by atoms with van der Waals surface area (Å²) in [5.41, 5.74) is 0.176. The first-order valence-electron chi connectivity index (χ1n) is 9.54. The van der Waals surface area contributed by atoms with Crippen molar-refractivity contribution in [3.8, 4) is 0 Å². The van der Waals surface area contributed by atoms with Gasteiger partial charge >= 0.3 is 5.97 Å². The Balaban J connectivity index is 1.31. The van der Waals surface area contributed by atoms with Gasteiger partial charge in [-0.2, -0.15) is 0 Å². The van der Waals surface area contributed by atoms with Gasteiger partial charge in [0.05, 0.1) is 16.8 Å². The molecule has 10 heteroatoms. The van der Waals surface area contributed by atoms with Crippen LogP contribution in [0.3, 0.4) is 0 Å². The van der Waals surface area contributed by atoms with E-state index in [1.165, 1.54) is 31.2 Å². The first-order chi connectivity index (χ1) is 14.3. The topological polar surface area (TPSA) is 136 Å². The predicted molar refractivity (Wildman–Crippen MR) is 102 cm³/mol. The maximum absolute atomic E-state index is 12.6. The number of benzene rings is 1. The quantitative estimate of drug-likeness (QED) is 0.244. The van der Waals surface area contributed by atoms with E-state index >= 15 is 0 Å². The number of likely N-dealkylation sites (tertiary alicyclic amines) is 1. The number of nitrogens with zero attached hydrogens (tertiary/aromatic N) is 2. The lowest BCUT2D eigenvalue weighted by Gasteiger charge is -2.18. The predicted octanol–water partition coefficient (Wildman–Crippen LogP) is 1.27. The Hall–Kier alpha value is -3.56. The summed E-state index contributed by atoms with van der Waals surface area (Å²) >= 11 is 0. The molecule has 1 aliphatic heterocycles. The van der Waals surface area contributed by atoms with Crippen LogP contribution in [-0.4, -0.2) is 46.2 Å². The highest BCUT2D eigenvalue weighted by molar-refractivity contribution is 6.08. The van der Waals surface area contributed by atoms with Gasteiger partial charge in [0.2, 0.25) is 11.8 Å². The number of rotatable bonds is 6. The highest BCUT2D eigenvalue weighted by atomic mass is 16.6. The van der Waals surface area contributed by atoms with Crippen LogP contribution >= 0.6 is 0 Å². The van der Waals surface area contributed by atoms with Crippen LogP contribution in [0, 0.1) is 33.8 Å². The summed E-state index contributed by atoms with van der Waals surface area (Å²) in [6.07, 6.45) is 3.54. The van der Waals surface area contributed by atoms with Crippen molar-refractivity contribution >= 4 is 35.1 Å². The maximum atomic E-state index is 12.6. The summed E-state index contributed by atoms with van der Waals surface area (Å²) in [6, 6.07) is 5.17. The number of esters is 1. The van der Waals surface area contributed by atoms with Crippen molar-refractivity contribution in [2.75, 3.05) is 11.9 Å². The van der Waals surface area contributed by atoms with Crippen molar-refractivity contribution in [1.82, 2.24) is 4.90 Å². The zero-order valence-electron chi connectivity index (χ0n) is 16.0. The molecular weight excluding hydrogens is 394 g/mol. The Bertz CT molecular complexity index is 941. The Labute approximate surface area is 171 Å². The normalized spacial score (nSPS) is 27.2. The minimum Gasteiger partial charge on any atom is -0.451 e. The summed E-state index contributed by atoms with van der Waals surface area (Å²) in [4.78, 5) is 60.7. The van der Waals surface area contributed by atoms with Crippen molar-refractivity contribution < 1.29 is 28.8 Å². The molecule has 1 aromatic carbocycles. The van der Waals surface area contributed by atoms with Gasteiger partial charge < -0.3 is 10.1 Å². The number of ether oxygens (including phenoxy) is 1. The molecule has 3 aliphatic rings. The highest BCUT2D eigenvalue weighted by Gasteiger charge is 2.59. The second kappa shape index (κ2) is 7.36. The third kappa shape index (κ3) is 3.34. The number of imide groups is 1. The lowest BCUT2D eigenvalue weighted by Crippen LogP contribution is -2.40. The molecule has 5 unspecified atom stereocenters. The molecule has 30 heavy (non-hydrogen) atoms. The Morgan fingerprint density at radius 3 is 2.27 bits per heavy atom. The monoisotopic (exact) mass is 413 g/mol. The molecule has 156 valence electrons. The van der Waals surface area contributed by atoms with Crippen LogP contribution in [0.25, 0.3) is 0 Å². The van der Waals surface area contributed by atoms with Gasteiger partial charge in [-0.25, -0.2) is 0 Å². The van der Waals surface area contributed by atoms with Gasteiger partial charge in [-0.1, -0.05) is 12.2 Å². The van der Waals surface area contributed by atoms with Crippen LogP contribution < -0.4 is 5.32 Å². The maximum Gasteiger partial charge on any atom is 0.326 e. The average Bonchev–Trinajstić information content (AvgIpc) is 3.38. The van der Waals surface area contributed by atoms with Crippen LogP contribution in [0.5, 0.6) is 0 Å². The van der Waals surface area contributed by atoms with E-state index in [-0.39, 0.29) is 29.3 Å². The van der Waals surface area contributed by atoms with Crippen LogP contribution in [0.1, 0.15) is 13.3 Å². The molecule has 0 radical (unpaired) electrons. The van der Waals surface area contributed by atoms with Crippen molar-refractivity contribution in [2.45, 2.75) is 19.4 Å². The number of hydrogen-bond donors (Lipinski definition) is 1. The number of anilines is 1. The van der Waals surface area contributed by atoms with E-state index < -0.39 is 41.3 Å². The molecule has 1 saturated carbocycles. The van der Waals surface area contributed by atoms with Crippen molar-refractivity contribution in [1.29, 1.82) is 0 Å². The molecule has 10 nitrogen and oxygen atoms in total.